The van der Waals surface area contributed by atoms with Crippen LogP contribution in [0, 0.1) is 40.9 Å². The van der Waals surface area contributed by atoms with Crippen LogP contribution in [0.2, 0.25) is 0 Å². The molecule has 4 aromatic carbocycles. The van der Waals surface area contributed by atoms with Crippen LogP contribution in [0.1, 0.15) is 30.0 Å². The number of halogens is 5. The topological polar surface area (TPSA) is 0 Å². The van der Waals surface area contributed by atoms with Gasteiger partial charge in [-0.25, -0.2) is 22.0 Å². The summed E-state index contributed by atoms with van der Waals surface area (Å²) >= 11 is 0. The standard InChI is InChI=1S/C29H19F5/c1-2-3-4-5-19-15-26(32)28(27(33)16-19)22-10-9-20(25(31)17-22)8-6-18-7-12-23-21(14-18)11-13-24(30)29(23)34/h2-3,7,9-17H,4-5H2,1H3/b3-2+. The lowest BCUT2D eigenvalue weighted by atomic mass is 9.99. The molecule has 5 heteroatoms. The van der Waals surface area contributed by atoms with Crippen molar-refractivity contribution in [1.82, 2.24) is 0 Å². The van der Waals surface area contributed by atoms with Crippen LogP contribution >= 0.6 is 0 Å². The Bertz CT molecular complexity index is 1450. The molecule has 0 N–H and O–H groups in total. The molecule has 0 unspecified atom stereocenters. The Morgan fingerprint density at radius 1 is 0.735 bits per heavy atom. The molecule has 0 bridgehead atoms. The largest absolute Gasteiger partial charge is 0.206 e. The number of allylic oxidation sites excluding steroid dienone is 2. The average molecular weight is 462 g/mol. The zero-order chi connectivity index (χ0) is 24.2. The van der Waals surface area contributed by atoms with Crippen LogP contribution in [0.25, 0.3) is 21.9 Å². The second-order valence-electron chi connectivity index (χ2n) is 7.78. The van der Waals surface area contributed by atoms with Crippen molar-refractivity contribution >= 4 is 10.8 Å². The van der Waals surface area contributed by atoms with Gasteiger partial charge in [-0.1, -0.05) is 42.2 Å². The first-order valence-corrected chi connectivity index (χ1v) is 10.7. The van der Waals surface area contributed by atoms with Gasteiger partial charge in [0.25, 0.3) is 0 Å². The van der Waals surface area contributed by atoms with Crippen LogP contribution in [0.15, 0.2) is 72.8 Å². The Morgan fingerprint density at radius 2 is 1.50 bits per heavy atom. The van der Waals surface area contributed by atoms with Crippen LogP contribution < -0.4 is 0 Å². The van der Waals surface area contributed by atoms with E-state index in [2.05, 4.69) is 11.8 Å². The molecule has 4 rings (SSSR count). The van der Waals surface area contributed by atoms with E-state index in [4.69, 9.17) is 0 Å². The smallest absolute Gasteiger partial charge is 0.166 e. The SMILES string of the molecule is C/C=C/CCc1cc(F)c(-c2ccc(C#Cc3ccc4c(F)c(F)ccc4c3)c(F)c2)c(F)c1. The van der Waals surface area contributed by atoms with Gasteiger partial charge >= 0.3 is 0 Å². The molecule has 34 heavy (non-hydrogen) atoms. The summed E-state index contributed by atoms with van der Waals surface area (Å²) in [6.07, 6.45) is 4.95. The molecule has 0 aliphatic rings. The van der Waals surface area contributed by atoms with Crippen molar-refractivity contribution < 1.29 is 22.0 Å². The van der Waals surface area contributed by atoms with Gasteiger partial charge in [0, 0.05) is 10.9 Å². The second-order valence-corrected chi connectivity index (χ2v) is 7.78. The number of aryl methyl sites for hydroxylation is 1. The van der Waals surface area contributed by atoms with Crippen LogP contribution in [-0.4, -0.2) is 0 Å². The Labute approximate surface area is 194 Å². The van der Waals surface area contributed by atoms with Crippen LogP contribution in [0.3, 0.4) is 0 Å². The molecule has 0 nitrogen and oxygen atoms in total. The van der Waals surface area contributed by atoms with Gasteiger partial charge in [0.05, 0.1) is 11.1 Å². The molecule has 0 atom stereocenters. The highest BCUT2D eigenvalue weighted by atomic mass is 19.2. The molecule has 4 aromatic rings. The van der Waals surface area contributed by atoms with Crippen molar-refractivity contribution in [3.63, 3.8) is 0 Å². The highest BCUT2D eigenvalue weighted by molar-refractivity contribution is 5.84. The molecule has 0 saturated heterocycles. The quantitative estimate of drug-likeness (QED) is 0.163. The predicted octanol–water partition coefficient (Wildman–Crippen LogP) is 8.11. The summed E-state index contributed by atoms with van der Waals surface area (Å²) in [5, 5.41) is 0.583. The summed E-state index contributed by atoms with van der Waals surface area (Å²) in [6.45, 7) is 1.87. The maximum atomic E-state index is 14.7. The highest BCUT2D eigenvalue weighted by Crippen LogP contribution is 2.29. The second kappa shape index (κ2) is 9.93. The van der Waals surface area contributed by atoms with Gasteiger partial charge in [-0.05, 0) is 78.7 Å². The summed E-state index contributed by atoms with van der Waals surface area (Å²) in [5.41, 5.74) is 0.821. The zero-order valence-corrected chi connectivity index (χ0v) is 18.2. The summed E-state index contributed by atoms with van der Waals surface area (Å²) < 4.78 is 71.2. The molecule has 170 valence electrons. The molecule has 0 heterocycles. The van der Waals surface area contributed by atoms with Crippen molar-refractivity contribution in [2.24, 2.45) is 0 Å². The first-order chi connectivity index (χ1) is 16.4. The Hall–Kier alpha value is -3.91. The first kappa shape index (κ1) is 23.3. The highest BCUT2D eigenvalue weighted by Gasteiger charge is 2.15. The number of fused-ring (bicyclic) bond motifs is 1. The van der Waals surface area contributed by atoms with E-state index in [0.717, 1.165) is 12.1 Å². The van der Waals surface area contributed by atoms with E-state index in [9.17, 15) is 22.0 Å². The van der Waals surface area contributed by atoms with Crippen molar-refractivity contribution in [3.8, 4) is 23.0 Å². The molecule has 0 radical (unpaired) electrons. The first-order valence-electron chi connectivity index (χ1n) is 10.7. The minimum Gasteiger partial charge on any atom is -0.206 e. The van der Waals surface area contributed by atoms with Gasteiger partial charge < -0.3 is 0 Å². The molecule has 0 amide bonds. The molecule has 0 aliphatic heterocycles. The Balaban J connectivity index is 1.61. The molecular formula is C29H19F5. The zero-order valence-electron chi connectivity index (χ0n) is 18.2. The van der Waals surface area contributed by atoms with E-state index in [1.54, 1.807) is 6.07 Å². The van der Waals surface area contributed by atoms with Crippen LogP contribution in [0.4, 0.5) is 22.0 Å². The lowest BCUT2D eigenvalue weighted by Gasteiger charge is -2.09. The van der Waals surface area contributed by atoms with Gasteiger partial charge in [0.2, 0.25) is 0 Å². The maximum absolute atomic E-state index is 14.7. The maximum Gasteiger partial charge on any atom is 0.166 e. The molecular weight excluding hydrogens is 443 g/mol. The molecule has 0 saturated carbocycles. The number of hydrogen-bond donors (Lipinski definition) is 0. The summed E-state index contributed by atoms with van der Waals surface area (Å²) in [7, 11) is 0. The van der Waals surface area contributed by atoms with E-state index in [1.807, 2.05) is 19.1 Å². The van der Waals surface area contributed by atoms with Crippen LogP contribution in [0.5, 0.6) is 0 Å². The Kier molecular flexibility index (Phi) is 6.79. The monoisotopic (exact) mass is 462 g/mol. The Morgan fingerprint density at radius 3 is 2.21 bits per heavy atom. The van der Waals surface area contributed by atoms with Crippen molar-refractivity contribution in [3.05, 3.63) is 119 Å². The van der Waals surface area contributed by atoms with E-state index in [-0.39, 0.29) is 22.1 Å². The number of benzene rings is 4. The van der Waals surface area contributed by atoms with Crippen molar-refractivity contribution in [1.29, 1.82) is 0 Å². The molecule has 0 aliphatic carbocycles. The minimum absolute atomic E-state index is 0.0397. The molecule has 0 spiro atoms. The average Bonchev–Trinajstić information content (AvgIpc) is 2.81. The fourth-order valence-corrected chi connectivity index (χ4v) is 3.72. The fourth-order valence-electron chi connectivity index (χ4n) is 3.72. The van der Waals surface area contributed by atoms with E-state index in [1.165, 1.54) is 42.5 Å². The van der Waals surface area contributed by atoms with Crippen molar-refractivity contribution in [2.75, 3.05) is 0 Å². The molecule has 0 aromatic heterocycles. The van der Waals surface area contributed by atoms with E-state index >= 15 is 0 Å². The summed E-state index contributed by atoms with van der Waals surface area (Å²) in [6, 6.07) is 13.3. The molecule has 0 fully saturated rings. The van der Waals surface area contributed by atoms with E-state index < -0.39 is 29.1 Å². The predicted molar refractivity (Wildman–Crippen MR) is 125 cm³/mol. The number of hydrogen-bond acceptors (Lipinski definition) is 0. The third-order valence-electron chi connectivity index (χ3n) is 5.44. The van der Waals surface area contributed by atoms with Gasteiger partial charge in [-0.3, -0.25) is 0 Å². The lowest BCUT2D eigenvalue weighted by molar-refractivity contribution is 0.517. The van der Waals surface area contributed by atoms with Gasteiger partial charge in [0.15, 0.2) is 11.6 Å². The van der Waals surface area contributed by atoms with Gasteiger partial charge in [-0.15, -0.1) is 0 Å². The lowest BCUT2D eigenvalue weighted by Crippen LogP contribution is -1.96. The third-order valence-corrected chi connectivity index (χ3v) is 5.44. The van der Waals surface area contributed by atoms with Gasteiger partial charge in [0.1, 0.15) is 17.5 Å². The van der Waals surface area contributed by atoms with Crippen molar-refractivity contribution in [2.45, 2.75) is 19.8 Å². The fraction of sp³-hybridized carbons (Fsp3) is 0.103. The van der Waals surface area contributed by atoms with Crippen LogP contribution in [-0.2, 0) is 6.42 Å². The number of rotatable bonds is 4. The van der Waals surface area contributed by atoms with E-state index in [0.29, 0.717) is 29.4 Å². The third kappa shape index (κ3) is 4.87. The minimum atomic E-state index is -0.941. The summed E-state index contributed by atoms with van der Waals surface area (Å²) in [5.74, 6) is 1.34. The normalized spacial score (nSPS) is 11.1. The summed E-state index contributed by atoms with van der Waals surface area (Å²) in [4.78, 5) is 0. The van der Waals surface area contributed by atoms with Gasteiger partial charge in [-0.2, -0.15) is 0 Å².